The standard InChI is InChI=1S/C14H26N2O4/c1-10(12(17)18)9-15-11-5-7-16(8-6-11)13(19)20-14(2,3)4/h10-11,15H,5-9H2,1-4H3,(H,17,18). The van der Waals surface area contributed by atoms with E-state index >= 15 is 0 Å². The Hall–Kier alpha value is -1.30. The van der Waals surface area contributed by atoms with Crippen molar-refractivity contribution < 1.29 is 19.4 Å². The Morgan fingerprint density at radius 3 is 2.35 bits per heavy atom. The molecular weight excluding hydrogens is 260 g/mol. The maximum absolute atomic E-state index is 11.9. The predicted molar refractivity (Wildman–Crippen MR) is 75.6 cm³/mol. The molecule has 2 N–H and O–H groups in total. The van der Waals surface area contributed by atoms with Crippen molar-refractivity contribution in [2.45, 2.75) is 52.2 Å². The number of rotatable bonds is 4. The predicted octanol–water partition coefficient (Wildman–Crippen LogP) is 1.70. The third-order valence-corrected chi connectivity index (χ3v) is 3.28. The molecule has 20 heavy (non-hydrogen) atoms. The Bertz CT molecular complexity index is 344. The molecule has 1 unspecified atom stereocenters. The monoisotopic (exact) mass is 286 g/mol. The Labute approximate surface area is 120 Å². The number of carboxylic acids is 1. The molecule has 1 aliphatic heterocycles. The van der Waals surface area contributed by atoms with Crippen molar-refractivity contribution in [3.05, 3.63) is 0 Å². The molecule has 0 bridgehead atoms. The second-order valence-electron chi connectivity index (χ2n) is 6.39. The van der Waals surface area contributed by atoms with Crippen molar-refractivity contribution in [2.24, 2.45) is 5.92 Å². The molecule has 1 aliphatic rings. The van der Waals surface area contributed by atoms with E-state index in [1.165, 1.54) is 0 Å². The fraction of sp³-hybridized carbons (Fsp3) is 0.857. The zero-order chi connectivity index (χ0) is 15.3. The van der Waals surface area contributed by atoms with Gasteiger partial charge in [0.15, 0.2) is 0 Å². The third kappa shape index (κ3) is 5.77. The average molecular weight is 286 g/mol. The van der Waals surface area contributed by atoms with E-state index in [0.717, 1.165) is 12.8 Å². The summed E-state index contributed by atoms with van der Waals surface area (Å²) in [5.41, 5.74) is -0.469. The highest BCUT2D eigenvalue weighted by Gasteiger charge is 2.27. The third-order valence-electron chi connectivity index (χ3n) is 3.28. The topological polar surface area (TPSA) is 78.9 Å². The van der Waals surface area contributed by atoms with Crippen LogP contribution in [0.15, 0.2) is 0 Å². The molecule has 116 valence electrons. The number of amides is 1. The molecular formula is C14H26N2O4. The molecule has 1 saturated heterocycles. The van der Waals surface area contributed by atoms with Crippen molar-refractivity contribution >= 4 is 12.1 Å². The average Bonchev–Trinajstić information content (AvgIpc) is 2.34. The summed E-state index contributed by atoms with van der Waals surface area (Å²) < 4.78 is 5.33. The molecule has 1 atom stereocenters. The zero-order valence-electron chi connectivity index (χ0n) is 12.8. The second-order valence-corrected chi connectivity index (χ2v) is 6.39. The minimum absolute atomic E-state index is 0.269. The normalized spacial score (nSPS) is 18.7. The van der Waals surface area contributed by atoms with Crippen LogP contribution in [0.3, 0.4) is 0 Å². The highest BCUT2D eigenvalue weighted by molar-refractivity contribution is 5.69. The van der Waals surface area contributed by atoms with Gasteiger partial charge in [-0.3, -0.25) is 4.79 Å². The first kappa shape index (κ1) is 16.8. The number of ether oxygens (including phenoxy) is 1. The van der Waals surface area contributed by atoms with E-state index in [2.05, 4.69) is 5.32 Å². The highest BCUT2D eigenvalue weighted by atomic mass is 16.6. The maximum Gasteiger partial charge on any atom is 0.410 e. The number of piperidine rings is 1. The second kappa shape index (κ2) is 6.92. The van der Waals surface area contributed by atoms with Crippen LogP contribution >= 0.6 is 0 Å². The van der Waals surface area contributed by atoms with E-state index in [1.54, 1.807) is 11.8 Å². The van der Waals surface area contributed by atoms with Gasteiger partial charge < -0.3 is 20.1 Å². The zero-order valence-corrected chi connectivity index (χ0v) is 12.8. The number of aliphatic carboxylic acids is 1. The fourth-order valence-corrected chi connectivity index (χ4v) is 2.02. The molecule has 0 aromatic heterocycles. The molecule has 0 aromatic rings. The quantitative estimate of drug-likeness (QED) is 0.822. The SMILES string of the molecule is CC(CNC1CCN(C(=O)OC(C)(C)C)CC1)C(=O)O. The number of nitrogens with zero attached hydrogens (tertiary/aromatic N) is 1. The Balaban J connectivity index is 2.29. The molecule has 1 rings (SSSR count). The van der Waals surface area contributed by atoms with Gasteiger partial charge in [0.05, 0.1) is 5.92 Å². The summed E-state index contributed by atoms with van der Waals surface area (Å²) in [6, 6.07) is 0.274. The van der Waals surface area contributed by atoms with Crippen LogP contribution in [0.25, 0.3) is 0 Å². The summed E-state index contributed by atoms with van der Waals surface area (Å²) in [6.07, 6.45) is 1.38. The summed E-state index contributed by atoms with van der Waals surface area (Å²) in [6.45, 7) is 9.01. The van der Waals surface area contributed by atoms with Crippen molar-refractivity contribution in [1.29, 1.82) is 0 Å². The van der Waals surface area contributed by atoms with E-state index in [-0.39, 0.29) is 18.1 Å². The molecule has 0 spiro atoms. The lowest BCUT2D eigenvalue weighted by molar-refractivity contribution is -0.141. The minimum Gasteiger partial charge on any atom is -0.481 e. The van der Waals surface area contributed by atoms with Crippen LogP contribution in [0.1, 0.15) is 40.5 Å². The summed E-state index contributed by atoms with van der Waals surface area (Å²) >= 11 is 0. The van der Waals surface area contributed by atoms with Crippen molar-refractivity contribution in [2.75, 3.05) is 19.6 Å². The number of carboxylic acid groups (broad SMARTS) is 1. The van der Waals surface area contributed by atoms with Crippen molar-refractivity contribution in [3.63, 3.8) is 0 Å². The van der Waals surface area contributed by atoms with Crippen LogP contribution in [0.2, 0.25) is 0 Å². The van der Waals surface area contributed by atoms with Gasteiger partial charge >= 0.3 is 12.1 Å². The minimum atomic E-state index is -0.788. The number of carbonyl (C=O) groups excluding carboxylic acids is 1. The number of nitrogens with one attached hydrogen (secondary N) is 1. The number of hydrogen-bond acceptors (Lipinski definition) is 4. The highest BCUT2D eigenvalue weighted by Crippen LogP contribution is 2.15. The molecule has 6 nitrogen and oxygen atoms in total. The van der Waals surface area contributed by atoms with Gasteiger partial charge in [-0.2, -0.15) is 0 Å². The van der Waals surface area contributed by atoms with Gasteiger partial charge in [-0.15, -0.1) is 0 Å². The lowest BCUT2D eigenvalue weighted by Gasteiger charge is -2.34. The van der Waals surface area contributed by atoms with Gasteiger partial charge in [0, 0.05) is 25.7 Å². The van der Waals surface area contributed by atoms with Gasteiger partial charge in [0.2, 0.25) is 0 Å². The summed E-state index contributed by atoms with van der Waals surface area (Å²) in [5, 5.41) is 12.1. The first-order valence-electron chi connectivity index (χ1n) is 7.13. The number of likely N-dealkylation sites (tertiary alicyclic amines) is 1. The molecule has 1 amide bonds. The molecule has 0 aliphatic carbocycles. The Kier molecular flexibility index (Phi) is 5.80. The van der Waals surface area contributed by atoms with Crippen LogP contribution in [-0.4, -0.2) is 53.3 Å². The van der Waals surface area contributed by atoms with E-state index in [9.17, 15) is 9.59 Å². The van der Waals surface area contributed by atoms with Gasteiger partial charge in [-0.1, -0.05) is 6.92 Å². The molecule has 1 heterocycles. The summed E-state index contributed by atoms with van der Waals surface area (Å²) in [4.78, 5) is 24.3. The van der Waals surface area contributed by atoms with Crippen LogP contribution in [0.4, 0.5) is 4.79 Å². The number of hydrogen-bond donors (Lipinski definition) is 2. The van der Waals surface area contributed by atoms with Crippen molar-refractivity contribution in [3.8, 4) is 0 Å². The Morgan fingerprint density at radius 2 is 1.90 bits per heavy atom. The van der Waals surface area contributed by atoms with E-state index in [4.69, 9.17) is 9.84 Å². The van der Waals surface area contributed by atoms with Gasteiger partial charge in [-0.05, 0) is 33.6 Å². The molecule has 0 aromatic carbocycles. The van der Waals surface area contributed by atoms with Crippen molar-refractivity contribution in [1.82, 2.24) is 10.2 Å². The largest absolute Gasteiger partial charge is 0.481 e. The lowest BCUT2D eigenvalue weighted by Crippen LogP contribution is -2.47. The van der Waals surface area contributed by atoms with Gasteiger partial charge in [0.1, 0.15) is 5.60 Å². The number of carbonyl (C=O) groups is 2. The van der Waals surface area contributed by atoms with Crippen LogP contribution in [0.5, 0.6) is 0 Å². The van der Waals surface area contributed by atoms with Gasteiger partial charge in [-0.25, -0.2) is 4.79 Å². The van der Waals surface area contributed by atoms with Gasteiger partial charge in [0.25, 0.3) is 0 Å². The smallest absolute Gasteiger partial charge is 0.410 e. The van der Waals surface area contributed by atoms with E-state index in [0.29, 0.717) is 19.6 Å². The first-order valence-corrected chi connectivity index (χ1v) is 7.13. The Morgan fingerprint density at radius 1 is 1.35 bits per heavy atom. The van der Waals surface area contributed by atoms with E-state index < -0.39 is 11.6 Å². The molecule has 6 heteroatoms. The molecule has 0 saturated carbocycles. The maximum atomic E-state index is 11.9. The first-order chi connectivity index (χ1) is 9.19. The lowest BCUT2D eigenvalue weighted by atomic mass is 10.0. The summed E-state index contributed by atoms with van der Waals surface area (Å²) in [5.74, 6) is -1.18. The molecule has 1 fully saturated rings. The summed E-state index contributed by atoms with van der Waals surface area (Å²) in [7, 11) is 0. The van der Waals surface area contributed by atoms with Crippen LogP contribution in [-0.2, 0) is 9.53 Å². The molecule has 0 radical (unpaired) electrons. The van der Waals surface area contributed by atoms with Crippen LogP contribution in [0, 0.1) is 5.92 Å². The fourth-order valence-electron chi connectivity index (χ4n) is 2.02. The van der Waals surface area contributed by atoms with E-state index in [1.807, 2.05) is 20.8 Å². The van der Waals surface area contributed by atoms with Crippen LogP contribution < -0.4 is 5.32 Å².